The number of alkyl halides is 3. The number of halogens is 3. The zero-order valence-corrected chi connectivity index (χ0v) is 16.7. The van der Waals surface area contributed by atoms with E-state index in [1.165, 1.54) is 23.9 Å². The van der Waals surface area contributed by atoms with E-state index in [1.54, 1.807) is 24.3 Å². The minimum absolute atomic E-state index is 0.0176. The smallest absolute Gasteiger partial charge is 0.353 e. The first-order valence-electron chi connectivity index (χ1n) is 9.28. The molecule has 0 radical (unpaired) electrons. The van der Waals surface area contributed by atoms with Crippen molar-refractivity contribution in [1.29, 1.82) is 0 Å². The molecule has 1 aliphatic rings. The predicted molar refractivity (Wildman–Crippen MR) is 109 cm³/mol. The van der Waals surface area contributed by atoms with Crippen LogP contribution in [0.15, 0.2) is 53.4 Å². The molecule has 0 atom stereocenters. The average molecular weight is 432 g/mol. The van der Waals surface area contributed by atoms with Gasteiger partial charge in [0.15, 0.2) is 0 Å². The Morgan fingerprint density at radius 3 is 2.60 bits per heavy atom. The van der Waals surface area contributed by atoms with Crippen LogP contribution in [0.25, 0.3) is 0 Å². The van der Waals surface area contributed by atoms with Crippen molar-refractivity contribution in [3.63, 3.8) is 0 Å². The molecule has 156 valence electrons. The van der Waals surface area contributed by atoms with Crippen LogP contribution in [0.4, 0.5) is 13.2 Å². The zero-order chi connectivity index (χ0) is 21.6. The highest BCUT2D eigenvalue weighted by molar-refractivity contribution is 8.00. The largest absolute Gasteiger partial charge is 0.416 e. The Bertz CT molecular complexity index is 992. The molecule has 2 N–H and O–H groups in total. The Balaban J connectivity index is 1.55. The maximum atomic E-state index is 12.7. The average Bonchev–Trinajstić information content (AvgIpc) is 3.53. The molecule has 30 heavy (non-hydrogen) atoms. The molecule has 0 aromatic heterocycles. The van der Waals surface area contributed by atoms with Crippen molar-refractivity contribution in [3.8, 4) is 11.8 Å². The fourth-order valence-corrected chi connectivity index (χ4v) is 3.42. The second-order valence-electron chi connectivity index (χ2n) is 6.69. The van der Waals surface area contributed by atoms with Gasteiger partial charge in [-0.05, 0) is 43.2 Å². The summed E-state index contributed by atoms with van der Waals surface area (Å²) in [4.78, 5) is 25.0. The van der Waals surface area contributed by atoms with Crippen LogP contribution >= 0.6 is 11.8 Å². The summed E-state index contributed by atoms with van der Waals surface area (Å²) in [6.07, 6.45) is -2.41. The summed E-state index contributed by atoms with van der Waals surface area (Å²) in [6, 6.07) is 11.9. The van der Waals surface area contributed by atoms with Gasteiger partial charge in [0.2, 0.25) is 5.91 Å². The first kappa shape index (κ1) is 21.8. The molecule has 2 amide bonds. The number of benzene rings is 2. The third-order valence-corrected chi connectivity index (χ3v) is 5.27. The lowest BCUT2D eigenvalue weighted by Crippen LogP contribution is -2.27. The lowest BCUT2D eigenvalue weighted by molar-refractivity contribution is -0.137. The van der Waals surface area contributed by atoms with Crippen LogP contribution in [-0.4, -0.2) is 30.2 Å². The van der Waals surface area contributed by atoms with Gasteiger partial charge in [-0.15, -0.1) is 11.8 Å². The van der Waals surface area contributed by atoms with E-state index in [0.717, 1.165) is 25.0 Å². The third-order valence-electron chi connectivity index (χ3n) is 4.19. The van der Waals surface area contributed by atoms with Crippen molar-refractivity contribution < 1.29 is 22.8 Å². The van der Waals surface area contributed by atoms with Gasteiger partial charge in [-0.25, -0.2) is 0 Å². The fourth-order valence-electron chi connectivity index (χ4n) is 2.56. The molecule has 0 bridgehead atoms. The molecule has 3 rings (SSSR count). The van der Waals surface area contributed by atoms with Gasteiger partial charge in [0, 0.05) is 16.5 Å². The van der Waals surface area contributed by atoms with E-state index in [9.17, 15) is 22.8 Å². The zero-order valence-electron chi connectivity index (χ0n) is 15.9. The predicted octanol–water partition coefficient (Wildman–Crippen LogP) is 3.86. The molecule has 0 unspecified atom stereocenters. The molecule has 1 saturated carbocycles. The first-order valence-corrected chi connectivity index (χ1v) is 10.3. The van der Waals surface area contributed by atoms with Crippen LogP contribution in [0.1, 0.15) is 34.3 Å². The fraction of sp³-hybridized carbons (Fsp3) is 0.273. The number of hydrogen-bond acceptors (Lipinski definition) is 3. The first-order chi connectivity index (χ1) is 14.3. The lowest BCUT2D eigenvalue weighted by atomic mass is 10.1. The molecule has 2 aromatic carbocycles. The highest BCUT2D eigenvalue weighted by Gasteiger charge is 2.30. The standard InChI is InChI=1S/C22H19F3N2O2S/c23-22(24,25)16-7-3-5-15(13-16)6-4-12-26-21(29)18-8-1-2-9-19(18)30-14-20(28)27-17-10-11-17/h1-3,5,7-9,13,17H,10-12,14H2,(H,26,29)(H,27,28). The number of rotatable bonds is 6. The van der Waals surface area contributed by atoms with Crippen molar-refractivity contribution in [3.05, 3.63) is 65.2 Å². The molecule has 0 spiro atoms. The Kier molecular flexibility index (Phi) is 7.06. The van der Waals surface area contributed by atoms with Crippen molar-refractivity contribution >= 4 is 23.6 Å². The molecule has 2 aromatic rings. The summed E-state index contributed by atoms with van der Waals surface area (Å²) >= 11 is 1.28. The topological polar surface area (TPSA) is 58.2 Å². The van der Waals surface area contributed by atoms with E-state index in [-0.39, 0.29) is 35.7 Å². The van der Waals surface area contributed by atoms with Gasteiger partial charge < -0.3 is 10.6 Å². The second-order valence-corrected chi connectivity index (χ2v) is 7.71. The van der Waals surface area contributed by atoms with Gasteiger partial charge in [-0.1, -0.05) is 30.0 Å². The lowest BCUT2D eigenvalue weighted by Gasteiger charge is -2.09. The molecule has 0 aliphatic heterocycles. The van der Waals surface area contributed by atoms with E-state index in [4.69, 9.17) is 0 Å². The number of amides is 2. The SMILES string of the molecule is O=C(CSc1ccccc1C(=O)NCC#Cc1cccc(C(F)(F)F)c1)NC1CC1. The van der Waals surface area contributed by atoms with Crippen LogP contribution < -0.4 is 10.6 Å². The monoisotopic (exact) mass is 432 g/mol. The number of thioether (sulfide) groups is 1. The Labute approximate surface area is 176 Å². The van der Waals surface area contributed by atoms with E-state index in [1.807, 2.05) is 0 Å². The highest BCUT2D eigenvalue weighted by atomic mass is 32.2. The Morgan fingerprint density at radius 2 is 1.87 bits per heavy atom. The quantitative estimate of drug-likeness (QED) is 0.539. The van der Waals surface area contributed by atoms with E-state index < -0.39 is 11.7 Å². The summed E-state index contributed by atoms with van der Waals surface area (Å²) < 4.78 is 38.2. The van der Waals surface area contributed by atoms with Gasteiger partial charge >= 0.3 is 6.18 Å². The van der Waals surface area contributed by atoms with Gasteiger partial charge in [0.05, 0.1) is 23.4 Å². The Morgan fingerprint density at radius 1 is 1.10 bits per heavy atom. The van der Waals surface area contributed by atoms with Crippen LogP contribution in [0.5, 0.6) is 0 Å². The van der Waals surface area contributed by atoms with Crippen LogP contribution in [-0.2, 0) is 11.0 Å². The molecule has 1 aliphatic carbocycles. The number of carbonyl (C=O) groups excluding carboxylic acids is 2. The van der Waals surface area contributed by atoms with E-state index >= 15 is 0 Å². The van der Waals surface area contributed by atoms with Crippen LogP contribution in [0, 0.1) is 11.8 Å². The van der Waals surface area contributed by atoms with Crippen LogP contribution in [0.2, 0.25) is 0 Å². The number of nitrogens with one attached hydrogen (secondary N) is 2. The van der Waals surface area contributed by atoms with Crippen molar-refractivity contribution in [2.45, 2.75) is 30.0 Å². The summed E-state index contributed by atoms with van der Waals surface area (Å²) in [5, 5.41) is 5.53. The highest BCUT2D eigenvalue weighted by Crippen LogP contribution is 2.29. The van der Waals surface area contributed by atoms with Crippen LogP contribution in [0.3, 0.4) is 0 Å². The third kappa shape index (κ3) is 6.56. The number of hydrogen-bond donors (Lipinski definition) is 2. The normalized spacial score (nSPS) is 13.2. The molecular formula is C22H19F3N2O2S. The van der Waals surface area contributed by atoms with Gasteiger partial charge in [-0.2, -0.15) is 13.2 Å². The van der Waals surface area contributed by atoms with Crippen molar-refractivity contribution in [2.24, 2.45) is 0 Å². The molecular weight excluding hydrogens is 413 g/mol. The second kappa shape index (κ2) is 9.72. The summed E-state index contributed by atoms with van der Waals surface area (Å²) in [5.41, 5.74) is -0.130. The summed E-state index contributed by atoms with van der Waals surface area (Å²) in [6.45, 7) is -0.0176. The van der Waals surface area contributed by atoms with Gasteiger partial charge in [0.25, 0.3) is 5.91 Å². The minimum atomic E-state index is -4.43. The minimum Gasteiger partial charge on any atom is -0.353 e. The maximum Gasteiger partial charge on any atom is 0.416 e. The molecule has 1 fully saturated rings. The maximum absolute atomic E-state index is 12.7. The summed E-state index contributed by atoms with van der Waals surface area (Å²) in [7, 11) is 0. The van der Waals surface area contributed by atoms with Gasteiger partial charge in [-0.3, -0.25) is 9.59 Å². The molecule has 4 nitrogen and oxygen atoms in total. The molecule has 8 heteroatoms. The van der Waals surface area contributed by atoms with E-state index in [2.05, 4.69) is 22.5 Å². The Hall–Kier alpha value is -2.92. The molecule has 0 heterocycles. The number of carbonyl (C=O) groups is 2. The molecule has 0 saturated heterocycles. The van der Waals surface area contributed by atoms with Crippen molar-refractivity contribution in [2.75, 3.05) is 12.3 Å². The van der Waals surface area contributed by atoms with Gasteiger partial charge in [0.1, 0.15) is 0 Å². The summed E-state index contributed by atoms with van der Waals surface area (Å²) in [5.74, 6) is 5.07. The van der Waals surface area contributed by atoms with Crippen molar-refractivity contribution in [1.82, 2.24) is 10.6 Å². The van der Waals surface area contributed by atoms with E-state index in [0.29, 0.717) is 10.5 Å².